The Morgan fingerprint density at radius 2 is 1.79 bits per heavy atom. The SMILES string of the molecule is COC(=O)C[C@H]1[C@]2(C)C3=C(C)[C@H](c4ccoc4)C[C@H]3O[C@@H]2[C@@H]2OC[C@@]3(C)C2[C@]1(C)[C@@H](OC(=O)/C=C/c1ccccc1)C[C@H]3OC(C)=O. The van der Waals surface area contributed by atoms with Gasteiger partial charge in [0, 0.05) is 53.9 Å². The molecule has 0 N–H and O–H groups in total. The zero-order valence-corrected chi connectivity index (χ0v) is 27.9. The number of hydrogen-bond donors (Lipinski definition) is 0. The fourth-order valence-electron chi connectivity index (χ4n) is 10.6. The lowest BCUT2D eigenvalue weighted by molar-refractivity contribution is -0.251. The van der Waals surface area contributed by atoms with Crippen LogP contribution < -0.4 is 0 Å². The summed E-state index contributed by atoms with van der Waals surface area (Å²) in [4.78, 5) is 39.5. The Kier molecular flexibility index (Phi) is 7.79. The number of carbonyl (C=O) groups excluding carboxylic acids is 3. The summed E-state index contributed by atoms with van der Waals surface area (Å²) in [5.41, 5.74) is 2.36. The van der Waals surface area contributed by atoms with Gasteiger partial charge in [0.05, 0.1) is 44.6 Å². The van der Waals surface area contributed by atoms with E-state index in [0.717, 1.165) is 17.5 Å². The van der Waals surface area contributed by atoms with Crippen LogP contribution in [-0.4, -0.2) is 62.1 Å². The Morgan fingerprint density at radius 1 is 1.02 bits per heavy atom. The highest BCUT2D eigenvalue weighted by Gasteiger charge is 2.78. The highest BCUT2D eigenvalue weighted by Crippen LogP contribution is 2.74. The zero-order valence-electron chi connectivity index (χ0n) is 27.9. The van der Waals surface area contributed by atoms with E-state index in [-0.39, 0.29) is 54.9 Å². The van der Waals surface area contributed by atoms with E-state index in [1.54, 1.807) is 18.6 Å². The number of hydrogen-bond acceptors (Lipinski definition) is 9. The maximum Gasteiger partial charge on any atom is 0.331 e. The van der Waals surface area contributed by atoms with E-state index in [1.165, 1.54) is 31.3 Å². The van der Waals surface area contributed by atoms with Crippen LogP contribution in [0.3, 0.4) is 0 Å². The van der Waals surface area contributed by atoms with Crippen molar-refractivity contribution in [2.24, 2.45) is 28.1 Å². The van der Waals surface area contributed by atoms with Crippen molar-refractivity contribution >= 4 is 24.0 Å². The highest BCUT2D eigenvalue weighted by atomic mass is 16.6. The minimum Gasteiger partial charge on any atom is -0.472 e. The van der Waals surface area contributed by atoms with Gasteiger partial charge in [-0.25, -0.2) is 4.79 Å². The summed E-state index contributed by atoms with van der Waals surface area (Å²) < 4.78 is 37.0. The molecule has 0 spiro atoms. The number of methoxy groups -OCH3 is 1. The number of fused-ring (bicyclic) bond motifs is 4. The smallest absolute Gasteiger partial charge is 0.331 e. The average Bonchev–Trinajstić information content (AvgIpc) is 3.82. The molecule has 0 amide bonds. The largest absolute Gasteiger partial charge is 0.472 e. The lowest BCUT2D eigenvalue weighted by atomic mass is 9.40. The Hall–Kier alpha value is -3.69. The molecule has 3 heterocycles. The van der Waals surface area contributed by atoms with Crippen molar-refractivity contribution in [2.75, 3.05) is 13.7 Å². The third kappa shape index (κ3) is 4.75. The molecule has 2 aromatic rings. The molecule has 1 unspecified atom stereocenters. The highest BCUT2D eigenvalue weighted by molar-refractivity contribution is 5.87. The number of esters is 3. The molecule has 9 nitrogen and oxygen atoms in total. The standard InChI is InChI=1S/C38H44O9/c1-21-25(24-14-15-43-19-24)16-26-32(21)38(5)27(17-31(41)42-6)37(4)29(47-30(40)13-12-23-10-8-7-9-11-23)18-28(45-22(2)39)36(3)20-44-33(34(36)37)35(38)46-26/h7-15,19,25-29,33-35H,16-18,20H2,1-6H3/b13-12+/t25-,26-,27-,28-,29+,33-,34?,35-,36-,37+,38-/m1/s1. The maximum absolute atomic E-state index is 13.6. The predicted molar refractivity (Wildman–Crippen MR) is 171 cm³/mol. The van der Waals surface area contributed by atoms with Crippen molar-refractivity contribution in [1.29, 1.82) is 0 Å². The molecule has 0 radical (unpaired) electrons. The quantitative estimate of drug-likeness (QED) is 0.154. The number of rotatable bonds is 7. The first kappa shape index (κ1) is 31.9. The third-order valence-electron chi connectivity index (χ3n) is 12.5. The Bertz CT molecular complexity index is 1610. The first-order chi connectivity index (χ1) is 22.4. The van der Waals surface area contributed by atoms with Gasteiger partial charge < -0.3 is 28.1 Å². The molecule has 1 aromatic heterocycles. The number of allylic oxidation sites excluding steroid dienone is 1. The summed E-state index contributed by atoms with van der Waals surface area (Å²) >= 11 is 0. The fourth-order valence-corrected chi connectivity index (χ4v) is 10.6. The summed E-state index contributed by atoms with van der Waals surface area (Å²) in [7, 11) is 1.41. The summed E-state index contributed by atoms with van der Waals surface area (Å²) in [5, 5.41) is 0. The first-order valence-corrected chi connectivity index (χ1v) is 16.6. The second-order valence-electron chi connectivity index (χ2n) is 14.7. The Balaban J connectivity index is 1.36. The number of benzene rings is 1. The number of carbonyl (C=O) groups is 3. The molecule has 4 fully saturated rings. The van der Waals surface area contributed by atoms with Crippen LogP contribution in [0.4, 0.5) is 0 Å². The van der Waals surface area contributed by atoms with Crippen LogP contribution in [0.5, 0.6) is 0 Å². The van der Waals surface area contributed by atoms with Crippen LogP contribution in [0.1, 0.15) is 70.9 Å². The minimum absolute atomic E-state index is 0.106. The van der Waals surface area contributed by atoms with Crippen molar-refractivity contribution in [2.45, 2.75) is 90.3 Å². The van der Waals surface area contributed by atoms with Gasteiger partial charge in [-0.15, -0.1) is 0 Å². The minimum atomic E-state index is -0.776. The van der Waals surface area contributed by atoms with Gasteiger partial charge in [0.15, 0.2) is 0 Å². The van der Waals surface area contributed by atoms with Crippen molar-refractivity contribution in [1.82, 2.24) is 0 Å². The van der Waals surface area contributed by atoms with Gasteiger partial charge in [-0.2, -0.15) is 0 Å². The monoisotopic (exact) mass is 644 g/mol. The van der Waals surface area contributed by atoms with Crippen LogP contribution >= 0.6 is 0 Å². The van der Waals surface area contributed by atoms with Crippen LogP contribution in [-0.2, 0) is 38.1 Å². The summed E-state index contributed by atoms with van der Waals surface area (Å²) in [6.07, 6.45) is 5.65. The predicted octanol–water partition coefficient (Wildman–Crippen LogP) is 6.04. The van der Waals surface area contributed by atoms with Crippen LogP contribution in [0.2, 0.25) is 0 Å². The van der Waals surface area contributed by atoms with Gasteiger partial charge in [-0.05, 0) is 48.1 Å². The number of ether oxygens (including phenoxy) is 5. The summed E-state index contributed by atoms with van der Waals surface area (Å²) in [6.45, 7) is 10.4. The molecule has 3 aliphatic carbocycles. The molecular formula is C38H44O9. The first-order valence-electron chi connectivity index (χ1n) is 16.6. The summed E-state index contributed by atoms with van der Waals surface area (Å²) in [6, 6.07) is 11.5. The molecule has 47 heavy (non-hydrogen) atoms. The molecule has 9 heteroatoms. The van der Waals surface area contributed by atoms with Crippen molar-refractivity contribution in [3.05, 3.63) is 77.3 Å². The molecule has 11 atom stereocenters. The molecule has 250 valence electrons. The van der Waals surface area contributed by atoms with E-state index < -0.39 is 40.4 Å². The Morgan fingerprint density at radius 3 is 2.47 bits per heavy atom. The molecule has 2 saturated heterocycles. The van der Waals surface area contributed by atoms with E-state index in [1.807, 2.05) is 36.4 Å². The average molecular weight is 645 g/mol. The molecule has 0 bridgehead atoms. The van der Waals surface area contributed by atoms with E-state index >= 15 is 0 Å². The Labute approximate surface area is 275 Å². The van der Waals surface area contributed by atoms with Crippen molar-refractivity contribution in [3.63, 3.8) is 0 Å². The van der Waals surface area contributed by atoms with Crippen LogP contribution in [0.15, 0.2) is 70.6 Å². The lowest BCUT2D eigenvalue weighted by Crippen LogP contribution is -2.71. The van der Waals surface area contributed by atoms with Gasteiger partial charge in [-0.1, -0.05) is 56.7 Å². The van der Waals surface area contributed by atoms with Crippen LogP contribution in [0.25, 0.3) is 6.08 Å². The van der Waals surface area contributed by atoms with Gasteiger partial charge in [0.1, 0.15) is 12.2 Å². The molecule has 5 aliphatic rings. The van der Waals surface area contributed by atoms with Gasteiger partial charge in [0.25, 0.3) is 0 Å². The van der Waals surface area contributed by atoms with Crippen molar-refractivity contribution in [3.8, 4) is 0 Å². The topological polar surface area (TPSA) is 111 Å². The normalized spacial score (nSPS) is 40.1. The second-order valence-corrected chi connectivity index (χ2v) is 14.7. The van der Waals surface area contributed by atoms with Crippen LogP contribution in [0, 0.1) is 28.1 Å². The molecule has 2 saturated carbocycles. The number of furan rings is 1. The van der Waals surface area contributed by atoms with E-state index in [4.69, 9.17) is 28.1 Å². The second kappa shape index (κ2) is 11.5. The third-order valence-corrected chi connectivity index (χ3v) is 12.5. The van der Waals surface area contributed by atoms with E-state index in [0.29, 0.717) is 6.61 Å². The van der Waals surface area contributed by atoms with Gasteiger partial charge in [0.2, 0.25) is 0 Å². The lowest BCUT2D eigenvalue weighted by Gasteiger charge is -2.65. The molecular weight excluding hydrogens is 600 g/mol. The maximum atomic E-state index is 13.6. The summed E-state index contributed by atoms with van der Waals surface area (Å²) in [5.74, 6) is -1.70. The molecule has 1 aromatic carbocycles. The zero-order chi connectivity index (χ0) is 33.3. The van der Waals surface area contributed by atoms with Gasteiger partial charge in [-0.3, -0.25) is 9.59 Å². The molecule has 2 aliphatic heterocycles. The van der Waals surface area contributed by atoms with Gasteiger partial charge >= 0.3 is 17.9 Å². The van der Waals surface area contributed by atoms with Crippen molar-refractivity contribution < 1.29 is 42.5 Å². The fraction of sp³-hybridized carbons (Fsp3) is 0.553. The van der Waals surface area contributed by atoms with E-state index in [9.17, 15) is 14.4 Å². The van der Waals surface area contributed by atoms with E-state index in [2.05, 4.69) is 27.7 Å². The molecule has 7 rings (SSSR count).